The van der Waals surface area contributed by atoms with Crippen LogP contribution in [0.2, 0.25) is 0 Å². The Balaban J connectivity index is 1.48. The highest BCUT2D eigenvalue weighted by atomic mass is 16.2. The van der Waals surface area contributed by atoms with E-state index in [4.69, 9.17) is 0 Å². The fourth-order valence-electron chi connectivity index (χ4n) is 2.80. The standard InChI is InChI=1S/C17H23N3O2/c21-16(18-11-13-5-2-1-3-6-13)14-7-4-10-20(12-14)17(22)19-15-8-9-15/h1-3,5-6,14-15H,4,7-12H2,(H,18,21)(H,19,22). The third kappa shape index (κ3) is 4.00. The highest BCUT2D eigenvalue weighted by Gasteiger charge is 2.31. The molecule has 1 saturated heterocycles. The van der Waals surface area contributed by atoms with Gasteiger partial charge in [-0.25, -0.2) is 4.79 Å². The zero-order chi connectivity index (χ0) is 15.4. The lowest BCUT2D eigenvalue weighted by Gasteiger charge is -2.32. The van der Waals surface area contributed by atoms with E-state index in [9.17, 15) is 9.59 Å². The fraction of sp³-hybridized carbons (Fsp3) is 0.529. The van der Waals surface area contributed by atoms with Crippen molar-refractivity contribution in [2.75, 3.05) is 13.1 Å². The van der Waals surface area contributed by atoms with Gasteiger partial charge in [0.05, 0.1) is 5.92 Å². The highest BCUT2D eigenvalue weighted by Crippen LogP contribution is 2.21. The van der Waals surface area contributed by atoms with Crippen LogP contribution in [0.3, 0.4) is 0 Å². The number of nitrogens with zero attached hydrogens (tertiary/aromatic N) is 1. The lowest BCUT2D eigenvalue weighted by atomic mass is 9.97. The quantitative estimate of drug-likeness (QED) is 0.892. The third-order valence-electron chi connectivity index (χ3n) is 4.29. The van der Waals surface area contributed by atoms with E-state index < -0.39 is 0 Å². The van der Waals surface area contributed by atoms with Gasteiger partial charge >= 0.3 is 6.03 Å². The van der Waals surface area contributed by atoms with Crippen molar-refractivity contribution in [3.63, 3.8) is 0 Å². The number of hydrogen-bond acceptors (Lipinski definition) is 2. The van der Waals surface area contributed by atoms with Crippen LogP contribution in [-0.4, -0.2) is 36.0 Å². The average Bonchev–Trinajstić information content (AvgIpc) is 3.37. The van der Waals surface area contributed by atoms with Crippen LogP contribution in [0.15, 0.2) is 30.3 Å². The van der Waals surface area contributed by atoms with Crippen LogP contribution in [0.1, 0.15) is 31.2 Å². The maximum Gasteiger partial charge on any atom is 0.317 e. The zero-order valence-corrected chi connectivity index (χ0v) is 12.8. The van der Waals surface area contributed by atoms with Gasteiger partial charge in [0.15, 0.2) is 0 Å². The van der Waals surface area contributed by atoms with Gasteiger partial charge in [-0.05, 0) is 31.2 Å². The summed E-state index contributed by atoms with van der Waals surface area (Å²) in [5.74, 6) is -0.0461. The van der Waals surface area contributed by atoms with Gasteiger partial charge in [0.2, 0.25) is 5.91 Å². The predicted octanol–water partition coefficient (Wildman–Crippen LogP) is 1.89. The van der Waals surface area contributed by atoms with E-state index in [2.05, 4.69) is 10.6 Å². The molecule has 2 fully saturated rings. The smallest absolute Gasteiger partial charge is 0.317 e. The number of rotatable bonds is 4. The van der Waals surface area contributed by atoms with Gasteiger partial charge in [-0.3, -0.25) is 4.79 Å². The number of piperidine rings is 1. The minimum absolute atomic E-state index is 0.0111. The molecule has 1 aromatic rings. The number of likely N-dealkylation sites (tertiary alicyclic amines) is 1. The van der Waals surface area contributed by atoms with Crippen molar-refractivity contribution in [1.29, 1.82) is 0 Å². The number of amides is 3. The predicted molar refractivity (Wildman–Crippen MR) is 84.1 cm³/mol. The van der Waals surface area contributed by atoms with Crippen molar-refractivity contribution in [2.24, 2.45) is 5.92 Å². The molecule has 0 radical (unpaired) electrons. The zero-order valence-electron chi connectivity index (χ0n) is 12.8. The van der Waals surface area contributed by atoms with Gasteiger partial charge in [-0.2, -0.15) is 0 Å². The van der Waals surface area contributed by atoms with Crippen LogP contribution >= 0.6 is 0 Å². The number of benzene rings is 1. The van der Waals surface area contributed by atoms with Gasteiger partial charge in [-0.1, -0.05) is 30.3 Å². The summed E-state index contributed by atoms with van der Waals surface area (Å²) in [4.78, 5) is 26.2. The van der Waals surface area contributed by atoms with Crippen LogP contribution < -0.4 is 10.6 Å². The van der Waals surface area contributed by atoms with E-state index in [1.54, 1.807) is 4.90 Å². The third-order valence-corrected chi connectivity index (χ3v) is 4.29. The van der Waals surface area contributed by atoms with Crippen molar-refractivity contribution >= 4 is 11.9 Å². The fourth-order valence-corrected chi connectivity index (χ4v) is 2.80. The molecule has 2 N–H and O–H groups in total. The lowest BCUT2D eigenvalue weighted by molar-refractivity contribution is -0.126. The Bertz CT molecular complexity index is 528. The SMILES string of the molecule is O=C(NCc1ccccc1)C1CCCN(C(=O)NC2CC2)C1. The van der Waals surface area contributed by atoms with Gasteiger partial charge in [0, 0.05) is 25.7 Å². The maximum atomic E-state index is 12.3. The van der Waals surface area contributed by atoms with E-state index in [-0.39, 0.29) is 17.9 Å². The summed E-state index contributed by atoms with van der Waals surface area (Å²) in [5, 5.41) is 5.98. The Morgan fingerprint density at radius 1 is 1.14 bits per heavy atom. The first-order valence-electron chi connectivity index (χ1n) is 8.09. The van der Waals surface area contributed by atoms with Crippen LogP contribution in [-0.2, 0) is 11.3 Å². The van der Waals surface area contributed by atoms with E-state index >= 15 is 0 Å². The topological polar surface area (TPSA) is 61.4 Å². The summed E-state index contributed by atoms with van der Waals surface area (Å²) in [5.41, 5.74) is 1.09. The molecule has 3 amide bonds. The molecule has 118 valence electrons. The number of nitrogens with one attached hydrogen (secondary N) is 2. The molecule has 5 nitrogen and oxygen atoms in total. The summed E-state index contributed by atoms with van der Waals surface area (Å²) < 4.78 is 0. The molecule has 1 aromatic carbocycles. The molecule has 0 bridgehead atoms. The summed E-state index contributed by atoms with van der Waals surface area (Å²) in [6.07, 6.45) is 3.91. The largest absolute Gasteiger partial charge is 0.352 e. The first-order chi connectivity index (χ1) is 10.7. The van der Waals surface area contributed by atoms with Crippen LogP contribution in [0.25, 0.3) is 0 Å². The second kappa shape index (κ2) is 6.81. The first-order valence-corrected chi connectivity index (χ1v) is 8.09. The van der Waals surface area contributed by atoms with E-state index in [0.717, 1.165) is 37.8 Å². The van der Waals surface area contributed by atoms with Crippen molar-refractivity contribution in [3.05, 3.63) is 35.9 Å². The second-order valence-electron chi connectivity index (χ2n) is 6.21. The van der Waals surface area contributed by atoms with Crippen LogP contribution in [0.5, 0.6) is 0 Å². The number of urea groups is 1. The molecule has 1 aliphatic heterocycles. The highest BCUT2D eigenvalue weighted by molar-refractivity contribution is 5.81. The van der Waals surface area contributed by atoms with Crippen molar-refractivity contribution in [1.82, 2.24) is 15.5 Å². The summed E-state index contributed by atoms with van der Waals surface area (Å²) in [6.45, 7) is 1.82. The average molecular weight is 301 g/mol. The molecular weight excluding hydrogens is 278 g/mol. The summed E-state index contributed by atoms with van der Waals surface area (Å²) in [7, 11) is 0. The molecule has 1 atom stereocenters. The Labute approximate surface area is 131 Å². The first kappa shape index (κ1) is 14.9. The Hall–Kier alpha value is -2.04. The maximum absolute atomic E-state index is 12.3. The van der Waals surface area contributed by atoms with Crippen LogP contribution in [0, 0.1) is 5.92 Å². The summed E-state index contributed by atoms with van der Waals surface area (Å²) >= 11 is 0. The van der Waals surface area contributed by atoms with E-state index in [1.807, 2.05) is 30.3 Å². The Kier molecular flexibility index (Phi) is 4.61. The molecule has 0 spiro atoms. The molecule has 1 unspecified atom stereocenters. The molecule has 1 heterocycles. The second-order valence-corrected chi connectivity index (χ2v) is 6.21. The molecule has 5 heteroatoms. The molecule has 2 aliphatic rings. The number of carbonyl (C=O) groups is 2. The van der Waals surface area contributed by atoms with Gasteiger partial charge in [-0.15, -0.1) is 0 Å². The summed E-state index contributed by atoms with van der Waals surface area (Å²) in [6, 6.07) is 10.2. The molecule has 22 heavy (non-hydrogen) atoms. The monoisotopic (exact) mass is 301 g/mol. The van der Waals surface area contributed by atoms with Crippen molar-refractivity contribution in [2.45, 2.75) is 38.3 Å². The molecular formula is C17H23N3O2. The van der Waals surface area contributed by atoms with E-state index in [0.29, 0.717) is 19.1 Å². The Morgan fingerprint density at radius 2 is 1.91 bits per heavy atom. The van der Waals surface area contributed by atoms with Crippen molar-refractivity contribution in [3.8, 4) is 0 Å². The molecule has 1 aliphatic carbocycles. The Morgan fingerprint density at radius 3 is 2.64 bits per heavy atom. The van der Waals surface area contributed by atoms with Crippen LogP contribution in [0.4, 0.5) is 4.79 Å². The van der Waals surface area contributed by atoms with Gasteiger partial charge < -0.3 is 15.5 Å². The number of hydrogen-bond donors (Lipinski definition) is 2. The molecule has 3 rings (SSSR count). The minimum Gasteiger partial charge on any atom is -0.352 e. The number of carbonyl (C=O) groups excluding carboxylic acids is 2. The van der Waals surface area contributed by atoms with E-state index in [1.165, 1.54) is 0 Å². The van der Waals surface area contributed by atoms with Gasteiger partial charge in [0.1, 0.15) is 0 Å². The molecule has 0 aromatic heterocycles. The normalized spacial score (nSPS) is 21.3. The van der Waals surface area contributed by atoms with Crippen molar-refractivity contribution < 1.29 is 9.59 Å². The lowest BCUT2D eigenvalue weighted by Crippen LogP contribution is -2.49. The minimum atomic E-state index is -0.0950. The van der Waals surface area contributed by atoms with Gasteiger partial charge in [0.25, 0.3) is 0 Å². The molecule has 1 saturated carbocycles.